The predicted molar refractivity (Wildman–Crippen MR) is 123 cm³/mol. The molecular formula is C21H16Cl3FN2O3S. The van der Waals surface area contributed by atoms with E-state index in [1.165, 1.54) is 54.6 Å². The second-order valence-electron chi connectivity index (χ2n) is 6.61. The van der Waals surface area contributed by atoms with E-state index >= 15 is 0 Å². The summed E-state index contributed by atoms with van der Waals surface area (Å²) in [5.74, 6) is -0.988. The van der Waals surface area contributed by atoms with Crippen molar-refractivity contribution in [1.29, 1.82) is 0 Å². The minimum absolute atomic E-state index is 0.185. The number of benzene rings is 3. The lowest BCUT2D eigenvalue weighted by Crippen LogP contribution is -2.29. The number of amides is 1. The molecule has 0 spiro atoms. The summed E-state index contributed by atoms with van der Waals surface area (Å²) < 4.78 is 39.7. The van der Waals surface area contributed by atoms with Crippen molar-refractivity contribution in [3.63, 3.8) is 0 Å². The summed E-state index contributed by atoms with van der Waals surface area (Å²) in [5.41, 5.74) is 1.05. The maximum Gasteiger partial charge on any atom is 0.255 e. The normalized spacial score (nSPS) is 11.3. The zero-order chi connectivity index (χ0) is 22.8. The van der Waals surface area contributed by atoms with Crippen LogP contribution >= 0.6 is 34.8 Å². The average Bonchev–Trinajstić information content (AvgIpc) is 2.70. The van der Waals surface area contributed by atoms with Crippen molar-refractivity contribution in [3.8, 4) is 0 Å². The molecular weight excluding hydrogens is 486 g/mol. The number of anilines is 2. The van der Waals surface area contributed by atoms with Crippen LogP contribution in [0.3, 0.4) is 0 Å². The Bertz CT molecular complexity index is 1240. The molecule has 0 aliphatic rings. The Kier molecular flexibility index (Phi) is 7.11. The van der Waals surface area contributed by atoms with Crippen LogP contribution in [0.2, 0.25) is 15.1 Å². The van der Waals surface area contributed by atoms with Crippen molar-refractivity contribution < 1.29 is 17.6 Å². The van der Waals surface area contributed by atoms with Gasteiger partial charge >= 0.3 is 0 Å². The summed E-state index contributed by atoms with van der Waals surface area (Å²) in [5, 5.41) is 3.33. The number of rotatable bonds is 6. The lowest BCUT2D eigenvalue weighted by molar-refractivity contribution is 0.102. The third-order valence-electron chi connectivity index (χ3n) is 4.35. The van der Waals surface area contributed by atoms with Gasteiger partial charge in [0.2, 0.25) is 10.0 Å². The molecule has 31 heavy (non-hydrogen) atoms. The minimum Gasteiger partial charge on any atom is -0.321 e. The van der Waals surface area contributed by atoms with Gasteiger partial charge in [-0.2, -0.15) is 0 Å². The highest BCUT2D eigenvalue weighted by Gasteiger charge is 2.20. The molecule has 10 heteroatoms. The van der Waals surface area contributed by atoms with E-state index in [1.807, 2.05) is 0 Å². The molecule has 0 atom stereocenters. The first-order chi connectivity index (χ1) is 14.6. The molecule has 3 aromatic rings. The third kappa shape index (κ3) is 5.68. The number of nitrogens with one attached hydrogen (secondary N) is 1. The average molecular weight is 502 g/mol. The maximum atomic E-state index is 14.0. The molecule has 0 aliphatic heterocycles. The number of carbonyl (C=O) groups excluding carboxylic acids is 1. The van der Waals surface area contributed by atoms with Gasteiger partial charge in [0.15, 0.2) is 0 Å². The summed E-state index contributed by atoms with van der Waals surface area (Å²) in [6.07, 6.45) is 1.03. The van der Waals surface area contributed by atoms with Crippen molar-refractivity contribution in [3.05, 3.63) is 92.7 Å². The molecule has 1 N–H and O–H groups in total. The molecule has 0 radical (unpaired) electrons. The number of halogens is 4. The zero-order valence-electron chi connectivity index (χ0n) is 16.1. The topological polar surface area (TPSA) is 66.5 Å². The Morgan fingerprint density at radius 1 is 0.968 bits per heavy atom. The number of hydrogen-bond acceptors (Lipinski definition) is 3. The summed E-state index contributed by atoms with van der Waals surface area (Å²) in [7, 11) is -3.71. The minimum atomic E-state index is -3.71. The molecule has 0 aromatic heterocycles. The zero-order valence-corrected chi connectivity index (χ0v) is 19.2. The Hall–Kier alpha value is -2.32. The van der Waals surface area contributed by atoms with Gasteiger partial charge in [-0.1, -0.05) is 53.0 Å². The molecule has 3 rings (SSSR count). The van der Waals surface area contributed by atoms with Crippen LogP contribution in [0.1, 0.15) is 15.9 Å². The Morgan fingerprint density at radius 3 is 2.19 bits per heavy atom. The number of hydrogen-bond donors (Lipinski definition) is 1. The van der Waals surface area contributed by atoms with Crippen LogP contribution < -0.4 is 9.62 Å². The predicted octanol–water partition coefficient (Wildman–Crippen LogP) is 6.00. The summed E-state index contributed by atoms with van der Waals surface area (Å²) in [6, 6.07) is 14.6. The van der Waals surface area contributed by atoms with E-state index < -0.39 is 21.7 Å². The Morgan fingerprint density at radius 2 is 1.58 bits per heavy atom. The van der Waals surface area contributed by atoms with Crippen molar-refractivity contribution in [2.75, 3.05) is 15.9 Å². The van der Waals surface area contributed by atoms with E-state index in [1.54, 1.807) is 6.07 Å². The quantitative estimate of drug-likeness (QED) is 0.421. The first kappa shape index (κ1) is 23.3. The van der Waals surface area contributed by atoms with Gasteiger partial charge in [0.25, 0.3) is 5.91 Å². The molecule has 0 saturated carbocycles. The fourth-order valence-corrected chi connectivity index (χ4v) is 4.25. The van der Waals surface area contributed by atoms with E-state index in [9.17, 15) is 17.6 Å². The highest BCUT2D eigenvalue weighted by Crippen LogP contribution is 2.32. The molecule has 0 fully saturated rings. The largest absolute Gasteiger partial charge is 0.321 e. The summed E-state index contributed by atoms with van der Waals surface area (Å²) in [6.45, 7) is -0.185. The Balaban J connectivity index is 1.84. The summed E-state index contributed by atoms with van der Waals surface area (Å²) >= 11 is 17.9. The highest BCUT2D eigenvalue weighted by molar-refractivity contribution is 7.92. The number of nitrogens with zero attached hydrogens (tertiary/aromatic N) is 1. The van der Waals surface area contributed by atoms with E-state index in [0.717, 1.165) is 10.6 Å². The van der Waals surface area contributed by atoms with E-state index in [-0.39, 0.29) is 44.1 Å². The smallest absolute Gasteiger partial charge is 0.255 e. The second-order valence-corrected chi connectivity index (χ2v) is 9.74. The van der Waals surface area contributed by atoms with Crippen molar-refractivity contribution in [1.82, 2.24) is 0 Å². The lowest BCUT2D eigenvalue weighted by Gasteiger charge is -2.23. The lowest BCUT2D eigenvalue weighted by atomic mass is 10.1. The van der Waals surface area contributed by atoms with Crippen LogP contribution in [0.15, 0.2) is 60.7 Å². The van der Waals surface area contributed by atoms with Crippen LogP contribution in [0.25, 0.3) is 0 Å². The van der Waals surface area contributed by atoms with Crippen molar-refractivity contribution in [2.24, 2.45) is 0 Å². The second kappa shape index (κ2) is 9.44. The van der Waals surface area contributed by atoms with Gasteiger partial charge in [0.1, 0.15) is 5.82 Å². The van der Waals surface area contributed by atoms with Gasteiger partial charge in [0.05, 0.1) is 39.2 Å². The van der Waals surface area contributed by atoms with Gasteiger partial charge in [-0.25, -0.2) is 12.8 Å². The van der Waals surface area contributed by atoms with Crippen LogP contribution in [0, 0.1) is 5.82 Å². The monoisotopic (exact) mass is 500 g/mol. The van der Waals surface area contributed by atoms with Crippen LogP contribution in [-0.4, -0.2) is 20.6 Å². The molecule has 162 valence electrons. The standard InChI is InChI=1S/C21H16Cl3FN2O3S/c1-31(29,30)27(12-14-4-2-3-5-19(14)25)15-8-6-13(7-9-15)21(28)26-20-11-17(23)16(22)10-18(20)24/h2-11H,12H2,1H3,(H,26,28). The van der Waals surface area contributed by atoms with Gasteiger partial charge in [-0.15, -0.1) is 0 Å². The van der Waals surface area contributed by atoms with Gasteiger partial charge in [-0.05, 0) is 42.5 Å². The molecule has 0 heterocycles. The van der Waals surface area contributed by atoms with E-state index in [0.29, 0.717) is 0 Å². The van der Waals surface area contributed by atoms with Gasteiger partial charge in [0, 0.05) is 11.1 Å². The number of sulfonamides is 1. The van der Waals surface area contributed by atoms with E-state index in [2.05, 4.69) is 5.32 Å². The SMILES string of the molecule is CS(=O)(=O)N(Cc1ccccc1F)c1ccc(C(=O)Nc2cc(Cl)c(Cl)cc2Cl)cc1. The first-order valence-electron chi connectivity index (χ1n) is 8.83. The molecule has 3 aromatic carbocycles. The third-order valence-corrected chi connectivity index (χ3v) is 6.52. The van der Waals surface area contributed by atoms with Crippen LogP contribution in [-0.2, 0) is 16.6 Å². The number of carbonyl (C=O) groups is 1. The molecule has 0 saturated heterocycles. The fourth-order valence-electron chi connectivity index (χ4n) is 2.77. The maximum absolute atomic E-state index is 14.0. The fraction of sp³-hybridized carbons (Fsp3) is 0.0952. The van der Waals surface area contributed by atoms with Crippen LogP contribution in [0.5, 0.6) is 0 Å². The first-order valence-corrected chi connectivity index (χ1v) is 11.8. The summed E-state index contributed by atoms with van der Waals surface area (Å²) in [4.78, 5) is 12.5. The molecule has 0 aliphatic carbocycles. The molecule has 5 nitrogen and oxygen atoms in total. The van der Waals surface area contributed by atoms with Gasteiger partial charge in [-0.3, -0.25) is 9.10 Å². The van der Waals surface area contributed by atoms with Crippen molar-refractivity contribution in [2.45, 2.75) is 6.54 Å². The highest BCUT2D eigenvalue weighted by atomic mass is 35.5. The molecule has 0 unspecified atom stereocenters. The van der Waals surface area contributed by atoms with E-state index in [4.69, 9.17) is 34.8 Å². The molecule has 0 bridgehead atoms. The Labute approximate surface area is 194 Å². The molecule has 1 amide bonds. The van der Waals surface area contributed by atoms with Gasteiger partial charge < -0.3 is 5.32 Å². The van der Waals surface area contributed by atoms with Crippen LogP contribution in [0.4, 0.5) is 15.8 Å². The van der Waals surface area contributed by atoms with Crippen molar-refractivity contribution >= 4 is 62.1 Å².